The Labute approximate surface area is 140 Å². The lowest BCUT2D eigenvalue weighted by atomic mass is 10.1. The van der Waals surface area contributed by atoms with Crippen molar-refractivity contribution < 1.29 is 14.3 Å². The molecule has 1 rings (SSSR count). The molecule has 0 spiro atoms. The Morgan fingerprint density at radius 1 is 0.913 bits per heavy atom. The van der Waals surface area contributed by atoms with E-state index in [9.17, 15) is 4.79 Å². The normalized spacial score (nSPS) is 10.4. The first-order valence-electron chi connectivity index (χ1n) is 8.69. The van der Waals surface area contributed by atoms with Gasteiger partial charge in [0, 0.05) is 13.1 Å². The van der Waals surface area contributed by atoms with Gasteiger partial charge in [0.1, 0.15) is 17.1 Å². The minimum absolute atomic E-state index is 0.00602. The molecule has 0 fully saturated rings. The number of unbranched alkanes of at least 4 members (excludes halogenated alkanes) is 4. The molecule has 0 unspecified atom stereocenters. The molecule has 0 aromatic heterocycles. The molecule has 0 radical (unpaired) electrons. The molecule has 1 aromatic rings. The molecular weight excluding hydrogens is 290 g/mol. The second kappa shape index (κ2) is 10.9. The van der Waals surface area contributed by atoms with Gasteiger partial charge < -0.3 is 14.4 Å². The summed E-state index contributed by atoms with van der Waals surface area (Å²) in [6.45, 7) is 5.92. The van der Waals surface area contributed by atoms with Crippen LogP contribution in [0.3, 0.4) is 0 Å². The fourth-order valence-corrected chi connectivity index (χ4v) is 2.64. The Morgan fingerprint density at radius 2 is 1.39 bits per heavy atom. The molecule has 23 heavy (non-hydrogen) atoms. The zero-order valence-corrected chi connectivity index (χ0v) is 15.1. The quantitative estimate of drug-likeness (QED) is 0.562. The summed E-state index contributed by atoms with van der Waals surface area (Å²) in [5.41, 5.74) is 0.533. The van der Waals surface area contributed by atoms with E-state index in [2.05, 4.69) is 13.8 Å². The smallest absolute Gasteiger partial charge is 0.261 e. The summed E-state index contributed by atoms with van der Waals surface area (Å²) in [6, 6.07) is 5.46. The van der Waals surface area contributed by atoms with Crippen LogP contribution in [-0.4, -0.2) is 38.1 Å². The van der Waals surface area contributed by atoms with E-state index in [1.54, 1.807) is 14.2 Å². The molecule has 4 heteroatoms. The first-order valence-corrected chi connectivity index (χ1v) is 8.69. The van der Waals surface area contributed by atoms with Crippen LogP contribution >= 0.6 is 0 Å². The van der Waals surface area contributed by atoms with Crippen molar-refractivity contribution in [1.29, 1.82) is 0 Å². The second-order valence-electron chi connectivity index (χ2n) is 5.74. The highest BCUT2D eigenvalue weighted by Gasteiger charge is 2.23. The van der Waals surface area contributed by atoms with Gasteiger partial charge in [0.25, 0.3) is 5.91 Å². The number of carbonyl (C=O) groups excluding carboxylic acids is 1. The van der Waals surface area contributed by atoms with Crippen molar-refractivity contribution in [1.82, 2.24) is 4.90 Å². The Morgan fingerprint density at radius 3 is 1.78 bits per heavy atom. The van der Waals surface area contributed by atoms with Gasteiger partial charge in [0.2, 0.25) is 0 Å². The largest absolute Gasteiger partial charge is 0.496 e. The molecule has 130 valence electrons. The van der Waals surface area contributed by atoms with Crippen molar-refractivity contribution in [3.8, 4) is 11.5 Å². The van der Waals surface area contributed by atoms with Gasteiger partial charge in [0.05, 0.1) is 14.2 Å². The fourth-order valence-electron chi connectivity index (χ4n) is 2.64. The molecule has 0 heterocycles. The minimum Gasteiger partial charge on any atom is -0.496 e. The van der Waals surface area contributed by atoms with Gasteiger partial charge in [0.15, 0.2) is 0 Å². The van der Waals surface area contributed by atoms with E-state index < -0.39 is 0 Å². The summed E-state index contributed by atoms with van der Waals surface area (Å²) >= 11 is 0. The maximum absolute atomic E-state index is 13.1. The van der Waals surface area contributed by atoms with E-state index in [1.165, 1.54) is 0 Å². The van der Waals surface area contributed by atoms with Crippen molar-refractivity contribution in [3.05, 3.63) is 23.8 Å². The number of benzene rings is 1. The van der Waals surface area contributed by atoms with Gasteiger partial charge in [-0.15, -0.1) is 0 Å². The van der Waals surface area contributed by atoms with Crippen molar-refractivity contribution in [2.24, 2.45) is 0 Å². The molecule has 1 aromatic carbocycles. The average Bonchev–Trinajstić information content (AvgIpc) is 2.59. The Bertz CT molecular complexity index is 441. The van der Waals surface area contributed by atoms with E-state index in [1.807, 2.05) is 23.1 Å². The lowest BCUT2D eigenvalue weighted by Gasteiger charge is -2.24. The molecule has 0 bridgehead atoms. The Kier molecular flexibility index (Phi) is 9.18. The van der Waals surface area contributed by atoms with Gasteiger partial charge in [-0.2, -0.15) is 0 Å². The maximum Gasteiger partial charge on any atom is 0.261 e. The molecule has 0 saturated carbocycles. The molecule has 0 N–H and O–H groups in total. The zero-order chi connectivity index (χ0) is 17.1. The van der Waals surface area contributed by atoms with Crippen LogP contribution in [0.25, 0.3) is 0 Å². The Balaban J connectivity index is 2.97. The third-order valence-electron chi connectivity index (χ3n) is 3.99. The molecule has 0 saturated heterocycles. The molecule has 1 amide bonds. The molecule has 4 nitrogen and oxygen atoms in total. The standard InChI is InChI=1S/C19H31NO3/c1-5-7-9-14-20(15-10-8-6-2)19(21)18-16(22-3)12-11-13-17(18)23-4/h11-13H,5-10,14-15H2,1-4H3. The summed E-state index contributed by atoms with van der Waals surface area (Å²) in [5.74, 6) is 1.15. The number of carbonyl (C=O) groups is 1. The van der Waals surface area contributed by atoms with Crippen LogP contribution in [0.2, 0.25) is 0 Å². The van der Waals surface area contributed by atoms with Crippen LogP contribution < -0.4 is 9.47 Å². The van der Waals surface area contributed by atoms with E-state index >= 15 is 0 Å². The molecule has 0 aliphatic carbocycles. The van der Waals surface area contributed by atoms with Gasteiger partial charge >= 0.3 is 0 Å². The van der Waals surface area contributed by atoms with Crippen LogP contribution in [-0.2, 0) is 0 Å². The van der Waals surface area contributed by atoms with Crippen LogP contribution in [0.1, 0.15) is 62.7 Å². The van der Waals surface area contributed by atoms with Crippen molar-refractivity contribution in [3.63, 3.8) is 0 Å². The minimum atomic E-state index is 0.00602. The summed E-state index contributed by atoms with van der Waals surface area (Å²) < 4.78 is 10.8. The van der Waals surface area contributed by atoms with Crippen LogP contribution in [0.15, 0.2) is 18.2 Å². The molecular formula is C19H31NO3. The average molecular weight is 321 g/mol. The SMILES string of the molecule is CCCCCN(CCCCC)C(=O)c1c(OC)cccc1OC. The van der Waals surface area contributed by atoms with E-state index in [-0.39, 0.29) is 5.91 Å². The van der Waals surface area contributed by atoms with Gasteiger partial charge in [-0.05, 0) is 25.0 Å². The highest BCUT2D eigenvalue weighted by Crippen LogP contribution is 2.29. The lowest BCUT2D eigenvalue weighted by Crippen LogP contribution is -2.33. The monoisotopic (exact) mass is 321 g/mol. The molecule has 0 atom stereocenters. The highest BCUT2D eigenvalue weighted by molar-refractivity contribution is 5.99. The third kappa shape index (κ3) is 5.77. The van der Waals surface area contributed by atoms with Crippen LogP contribution in [0.5, 0.6) is 11.5 Å². The maximum atomic E-state index is 13.1. The topological polar surface area (TPSA) is 38.8 Å². The number of rotatable bonds is 11. The van der Waals surface area contributed by atoms with Crippen LogP contribution in [0, 0.1) is 0 Å². The Hall–Kier alpha value is -1.71. The van der Waals surface area contributed by atoms with Crippen molar-refractivity contribution in [2.75, 3.05) is 27.3 Å². The predicted molar refractivity (Wildman–Crippen MR) is 94.5 cm³/mol. The summed E-state index contributed by atoms with van der Waals surface area (Å²) in [4.78, 5) is 15.0. The van der Waals surface area contributed by atoms with E-state index in [4.69, 9.17) is 9.47 Å². The van der Waals surface area contributed by atoms with E-state index in [0.717, 1.165) is 51.6 Å². The number of amides is 1. The number of methoxy groups -OCH3 is 2. The number of hydrogen-bond donors (Lipinski definition) is 0. The van der Waals surface area contributed by atoms with Crippen molar-refractivity contribution in [2.45, 2.75) is 52.4 Å². The third-order valence-corrected chi connectivity index (χ3v) is 3.99. The highest BCUT2D eigenvalue weighted by atomic mass is 16.5. The van der Waals surface area contributed by atoms with Gasteiger partial charge in [-0.3, -0.25) is 4.79 Å². The fraction of sp³-hybridized carbons (Fsp3) is 0.632. The number of ether oxygens (including phenoxy) is 2. The lowest BCUT2D eigenvalue weighted by molar-refractivity contribution is 0.0742. The zero-order valence-electron chi connectivity index (χ0n) is 15.1. The summed E-state index contributed by atoms with van der Waals surface area (Å²) in [6.07, 6.45) is 6.64. The second-order valence-corrected chi connectivity index (χ2v) is 5.74. The number of nitrogens with zero attached hydrogens (tertiary/aromatic N) is 1. The van der Waals surface area contributed by atoms with Gasteiger partial charge in [-0.25, -0.2) is 0 Å². The van der Waals surface area contributed by atoms with Gasteiger partial charge in [-0.1, -0.05) is 45.6 Å². The van der Waals surface area contributed by atoms with Crippen molar-refractivity contribution >= 4 is 5.91 Å². The first-order chi connectivity index (χ1) is 11.2. The summed E-state index contributed by atoms with van der Waals surface area (Å²) in [5, 5.41) is 0. The molecule has 0 aliphatic heterocycles. The summed E-state index contributed by atoms with van der Waals surface area (Å²) in [7, 11) is 3.17. The van der Waals surface area contributed by atoms with E-state index in [0.29, 0.717) is 17.1 Å². The molecule has 0 aliphatic rings. The predicted octanol–water partition coefficient (Wildman–Crippen LogP) is 4.53. The van der Waals surface area contributed by atoms with Crippen LogP contribution in [0.4, 0.5) is 0 Å². The number of hydrogen-bond acceptors (Lipinski definition) is 3. The first kappa shape index (κ1) is 19.3.